The molecule has 0 unspecified atom stereocenters. The molecule has 0 saturated heterocycles. The molecule has 0 radical (unpaired) electrons. The summed E-state index contributed by atoms with van der Waals surface area (Å²) in [6.07, 6.45) is 1.11. The highest BCUT2D eigenvalue weighted by molar-refractivity contribution is 6.31. The van der Waals surface area contributed by atoms with Gasteiger partial charge in [0.05, 0.1) is 34.3 Å². The number of hydrogen-bond donors (Lipinski definition) is 1. The van der Waals surface area contributed by atoms with Gasteiger partial charge in [0.2, 0.25) is 0 Å². The van der Waals surface area contributed by atoms with Gasteiger partial charge in [-0.2, -0.15) is 5.10 Å². The Bertz CT molecular complexity index is 620. The van der Waals surface area contributed by atoms with Crippen molar-refractivity contribution in [1.29, 1.82) is 0 Å². The maximum absolute atomic E-state index is 6.38. The second-order valence-electron chi connectivity index (χ2n) is 5.19. The fraction of sp³-hybridized carbons (Fsp3) is 0.400. The van der Waals surface area contributed by atoms with Crippen molar-refractivity contribution in [3.05, 3.63) is 40.7 Å². The van der Waals surface area contributed by atoms with E-state index in [-0.39, 0.29) is 0 Å². The van der Waals surface area contributed by atoms with Gasteiger partial charge >= 0.3 is 0 Å². The van der Waals surface area contributed by atoms with Gasteiger partial charge in [0.15, 0.2) is 0 Å². The molecule has 0 atom stereocenters. The van der Waals surface area contributed by atoms with Crippen molar-refractivity contribution in [2.24, 2.45) is 7.05 Å². The Balaban J connectivity index is 1.94. The van der Waals surface area contributed by atoms with E-state index in [9.17, 15) is 0 Å². The highest BCUT2D eigenvalue weighted by Gasteiger charge is 2.19. The molecule has 0 amide bonds. The van der Waals surface area contributed by atoms with Gasteiger partial charge in [-0.1, -0.05) is 23.7 Å². The van der Waals surface area contributed by atoms with E-state index in [0.29, 0.717) is 0 Å². The minimum atomic E-state index is 0.780. The zero-order valence-corrected chi connectivity index (χ0v) is 12.6. The van der Waals surface area contributed by atoms with E-state index in [0.717, 1.165) is 42.5 Å². The number of nitrogens with zero attached hydrogens (tertiary/aromatic N) is 3. The second-order valence-corrected chi connectivity index (χ2v) is 5.57. The molecule has 1 aliphatic rings. The highest BCUT2D eigenvalue weighted by Crippen LogP contribution is 2.30. The molecule has 2 heterocycles. The minimum absolute atomic E-state index is 0.780. The SMILES string of the molecule is Cc1nn(C)c(CN2CCCNc3ccccc32)c1Cl. The molecule has 0 saturated carbocycles. The molecule has 0 bridgehead atoms. The zero-order chi connectivity index (χ0) is 14.1. The molecule has 20 heavy (non-hydrogen) atoms. The molecule has 3 rings (SSSR count). The van der Waals surface area contributed by atoms with Gasteiger partial charge in [-0.05, 0) is 25.5 Å². The molecule has 5 heteroatoms. The van der Waals surface area contributed by atoms with E-state index in [1.165, 1.54) is 11.4 Å². The summed E-state index contributed by atoms with van der Waals surface area (Å²) >= 11 is 6.38. The lowest BCUT2D eigenvalue weighted by Gasteiger charge is -2.24. The number of fused-ring (bicyclic) bond motifs is 1. The van der Waals surface area contributed by atoms with Gasteiger partial charge in [-0.3, -0.25) is 4.68 Å². The van der Waals surface area contributed by atoms with E-state index >= 15 is 0 Å². The molecule has 1 aromatic heterocycles. The van der Waals surface area contributed by atoms with Crippen LogP contribution in [0.25, 0.3) is 0 Å². The molecule has 0 fully saturated rings. The predicted octanol–water partition coefficient (Wildman–Crippen LogP) is 3.20. The number of aromatic nitrogens is 2. The topological polar surface area (TPSA) is 33.1 Å². The third-order valence-corrected chi connectivity index (χ3v) is 4.26. The lowest BCUT2D eigenvalue weighted by Crippen LogP contribution is -2.24. The van der Waals surface area contributed by atoms with E-state index < -0.39 is 0 Å². The first-order chi connectivity index (χ1) is 9.66. The summed E-state index contributed by atoms with van der Waals surface area (Å²) in [5, 5.41) is 8.66. The van der Waals surface area contributed by atoms with Gasteiger partial charge in [0.1, 0.15) is 0 Å². The van der Waals surface area contributed by atoms with Crippen molar-refractivity contribution in [2.75, 3.05) is 23.3 Å². The third kappa shape index (κ3) is 2.36. The summed E-state index contributed by atoms with van der Waals surface area (Å²) in [6.45, 7) is 4.76. The van der Waals surface area contributed by atoms with Crippen molar-refractivity contribution in [3.63, 3.8) is 0 Å². The number of hydrogen-bond acceptors (Lipinski definition) is 3. The van der Waals surface area contributed by atoms with Crippen LogP contribution in [-0.4, -0.2) is 22.9 Å². The van der Waals surface area contributed by atoms with Crippen LogP contribution in [0.3, 0.4) is 0 Å². The molecule has 2 aromatic rings. The summed E-state index contributed by atoms with van der Waals surface area (Å²) in [4.78, 5) is 2.37. The van der Waals surface area contributed by atoms with Gasteiger partial charge in [-0.25, -0.2) is 0 Å². The van der Waals surface area contributed by atoms with E-state index in [1.807, 2.05) is 18.7 Å². The Labute approximate surface area is 124 Å². The first-order valence-electron chi connectivity index (χ1n) is 6.92. The van der Waals surface area contributed by atoms with Crippen LogP contribution in [0.1, 0.15) is 17.8 Å². The fourth-order valence-electron chi connectivity index (χ4n) is 2.71. The van der Waals surface area contributed by atoms with Crippen LogP contribution in [0.5, 0.6) is 0 Å². The number of benzene rings is 1. The van der Waals surface area contributed by atoms with Crippen molar-refractivity contribution in [3.8, 4) is 0 Å². The number of halogens is 1. The predicted molar refractivity (Wildman–Crippen MR) is 83.6 cm³/mol. The molecule has 4 nitrogen and oxygen atoms in total. The quantitative estimate of drug-likeness (QED) is 0.922. The molecule has 1 aromatic carbocycles. The molecule has 1 aliphatic heterocycles. The Morgan fingerprint density at radius 1 is 1.35 bits per heavy atom. The van der Waals surface area contributed by atoms with Gasteiger partial charge < -0.3 is 10.2 Å². The van der Waals surface area contributed by atoms with Crippen molar-refractivity contribution in [1.82, 2.24) is 9.78 Å². The smallest absolute Gasteiger partial charge is 0.0865 e. The number of anilines is 2. The fourth-order valence-corrected chi connectivity index (χ4v) is 2.93. The number of para-hydroxylation sites is 2. The Morgan fingerprint density at radius 3 is 2.90 bits per heavy atom. The Kier molecular flexibility index (Phi) is 3.57. The second kappa shape index (κ2) is 5.37. The zero-order valence-electron chi connectivity index (χ0n) is 11.9. The first kappa shape index (κ1) is 13.3. The van der Waals surface area contributed by atoms with Crippen LogP contribution in [-0.2, 0) is 13.6 Å². The standard InChI is InChI=1S/C15H19ClN4/c1-11-15(16)14(19(2)18-11)10-20-9-5-8-17-12-6-3-4-7-13(12)20/h3-4,6-7,17H,5,8-10H2,1-2H3. The molecule has 1 N–H and O–H groups in total. The Morgan fingerprint density at radius 2 is 2.15 bits per heavy atom. The van der Waals surface area contributed by atoms with E-state index in [2.05, 4.69) is 39.6 Å². The van der Waals surface area contributed by atoms with E-state index in [4.69, 9.17) is 11.6 Å². The van der Waals surface area contributed by atoms with Crippen molar-refractivity contribution in [2.45, 2.75) is 19.9 Å². The number of aryl methyl sites for hydroxylation is 2. The third-order valence-electron chi connectivity index (χ3n) is 3.77. The lowest BCUT2D eigenvalue weighted by atomic mass is 10.2. The van der Waals surface area contributed by atoms with Gasteiger partial charge in [-0.15, -0.1) is 0 Å². The van der Waals surface area contributed by atoms with Gasteiger partial charge in [0, 0.05) is 20.1 Å². The summed E-state index contributed by atoms with van der Waals surface area (Å²) in [5.74, 6) is 0. The average Bonchev–Trinajstić information content (AvgIpc) is 2.63. The Hall–Kier alpha value is -1.68. The van der Waals surface area contributed by atoms with Gasteiger partial charge in [0.25, 0.3) is 0 Å². The maximum Gasteiger partial charge on any atom is 0.0865 e. The molecular weight excluding hydrogens is 272 g/mol. The average molecular weight is 291 g/mol. The van der Waals surface area contributed by atoms with Crippen LogP contribution in [0.4, 0.5) is 11.4 Å². The normalized spacial score (nSPS) is 14.7. The number of rotatable bonds is 2. The molecular formula is C15H19ClN4. The minimum Gasteiger partial charge on any atom is -0.383 e. The van der Waals surface area contributed by atoms with Crippen LogP contribution < -0.4 is 10.2 Å². The van der Waals surface area contributed by atoms with Crippen LogP contribution in [0.2, 0.25) is 5.02 Å². The summed E-state index contributed by atoms with van der Waals surface area (Å²) in [7, 11) is 1.95. The largest absolute Gasteiger partial charge is 0.383 e. The van der Waals surface area contributed by atoms with Crippen LogP contribution >= 0.6 is 11.6 Å². The summed E-state index contributed by atoms with van der Waals surface area (Å²) < 4.78 is 1.89. The molecule has 0 spiro atoms. The van der Waals surface area contributed by atoms with Crippen LogP contribution in [0.15, 0.2) is 24.3 Å². The molecule has 106 valence electrons. The molecule has 0 aliphatic carbocycles. The summed E-state index contributed by atoms with van der Waals surface area (Å²) in [5.41, 5.74) is 4.39. The van der Waals surface area contributed by atoms with Crippen LogP contribution in [0, 0.1) is 6.92 Å². The van der Waals surface area contributed by atoms with Crippen molar-refractivity contribution < 1.29 is 0 Å². The van der Waals surface area contributed by atoms with E-state index in [1.54, 1.807) is 0 Å². The highest BCUT2D eigenvalue weighted by atomic mass is 35.5. The maximum atomic E-state index is 6.38. The summed E-state index contributed by atoms with van der Waals surface area (Å²) in [6, 6.07) is 8.43. The number of nitrogens with one attached hydrogen (secondary N) is 1. The first-order valence-corrected chi connectivity index (χ1v) is 7.30. The lowest BCUT2D eigenvalue weighted by molar-refractivity contribution is 0.670. The van der Waals surface area contributed by atoms with Crippen molar-refractivity contribution >= 4 is 23.0 Å². The monoisotopic (exact) mass is 290 g/mol.